The quantitative estimate of drug-likeness (QED) is 0.343. The lowest BCUT2D eigenvalue weighted by Gasteiger charge is -2.22. The molecule has 4 N–H and O–H groups in total. The maximum Gasteiger partial charge on any atom is 0.375 e. The van der Waals surface area contributed by atoms with E-state index < -0.39 is 71.5 Å². The number of nitrogens with zero attached hydrogens (tertiary/aromatic N) is 2. The summed E-state index contributed by atoms with van der Waals surface area (Å²) in [6, 6.07) is 7.78. The topological polar surface area (TPSA) is 233 Å². The van der Waals surface area contributed by atoms with Gasteiger partial charge in [0.25, 0.3) is 0 Å². The summed E-state index contributed by atoms with van der Waals surface area (Å²) in [5.41, 5.74) is -1.99. The van der Waals surface area contributed by atoms with E-state index in [1.807, 2.05) is 0 Å². The molecular formula is C12H12N2O13S4. The van der Waals surface area contributed by atoms with Crippen molar-refractivity contribution in [2.75, 3.05) is 7.42 Å². The number of rotatable bonds is 8. The summed E-state index contributed by atoms with van der Waals surface area (Å²) in [4.78, 5) is 0. The van der Waals surface area contributed by atoms with Gasteiger partial charge in [-0.05, 0) is 24.3 Å². The number of anilines is 2. The Labute approximate surface area is 176 Å². The molecule has 0 aliphatic rings. The highest BCUT2D eigenvalue weighted by molar-refractivity contribution is 8.05. The van der Waals surface area contributed by atoms with Gasteiger partial charge in [-0.1, -0.05) is 24.3 Å². The van der Waals surface area contributed by atoms with Crippen LogP contribution >= 0.6 is 0 Å². The van der Waals surface area contributed by atoms with E-state index in [-0.39, 0.29) is 0 Å². The Kier molecular flexibility index (Phi) is 6.54. The van der Waals surface area contributed by atoms with Crippen LogP contribution in [0.15, 0.2) is 48.5 Å². The van der Waals surface area contributed by atoms with Crippen LogP contribution in [0.25, 0.3) is 0 Å². The van der Waals surface area contributed by atoms with Gasteiger partial charge >= 0.3 is 41.2 Å². The Bertz CT molecular complexity index is 1240. The molecule has 0 bridgehead atoms. The molecule has 0 unspecified atom stereocenters. The van der Waals surface area contributed by atoms with Crippen molar-refractivity contribution < 1.29 is 56.6 Å². The van der Waals surface area contributed by atoms with Crippen LogP contribution in [0, 0.1) is 0 Å². The molecule has 0 fully saturated rings. The summed E-state index contributed by atoms with van der Waals surface area (Å²) < 4.78 is 132. The minimum atomic E-state index is -5.63. The first-order valence-corrected chi connectivity index (χ1v) is 12.9. The number of hydrogen-bond donors (Lipinski definition) is 4. The Hall–Kier alpha value is -2.52. The zero-order valence-corrected chi connectivity index (χ0v) is 17.9. The van der Waals surface area contributed by atoms with Crippen molar-refractivity contribution in [1.82, 2.24) is 0 Å². The predicted octanol–water partition coefficient (Wildman–Crippen LogP) is 0.303. The van der Waals surface area contributed by atoms with Gasteiger partial charge in [-0.25, -0.2) is 0 Å². The Morgan fingerprint density at radius 3 is 1.03 bits per heavy atom. The SMILES string of the molecule is O=S(=O)(O)N(c1ccccc1Oc1ccccc1N(S(=O)(=O)O)S(=O)(=O)O)S(=O)(=O)O. The van der Waals surface area contributed by atoms with Crippen LogP contribution in [-0.2, 0) is 41.2 Å². The lowest BCUT2D eigenvalue weighted by Crippen LogP contribution is -2.36. The molecule has 2 aromatic carbocycles. The first-order valence-electron chi connectivity index (χ1n) is 7.30. The molecule has 0 aliphatic heterocycles. The van der Waals surface area contributed by atoms with E-state index in [9.17, 15) is 51.9 Å². The molecule has 0 saturated carbocycles. The van der Waals surface area contributed by atoms with E-state index >= 15 is 0 Å². The molecule has 0 heterocycles. The third-order valence-electron chi connectivity index (χ3n) is 3.18. The van der Waals surface area contributed by atoms with E-state index in [0.29, 0.717) is 0 Å². The maximum absolute atomic E-state index is 11.5. The van der Waals surface area contributed by atoms with E-state index in [2.05, 4.69) is 0 Å². The van der Waals surface area contributed by atoms with Crippen molar-refractivity contribution in [2.24, 2.45) is 0 Å². The highest BCUT2D eigenvalue weighted by Gasteiger charge is 2.36. The number of hydrogen-bond acceptors (Lipinski definition) is 9. The molecule has 0 amide bonds. The molecular weight excluding hydrogens is 508 g/mol. The van der Waals surface area contributed by atoms with Gasteiger partial charge in [0.05, 0.1) is 0 Å². The van der Waals surface area contributed by atoms with Gasteiger partial charge in [-0.15, -0.1) is 7.42 Å². The molecule has 0 atom stereocenters. The van der Waals surface area contributed by atoms with Gasteiger partial charge in [0.15, 0.2) is 11.5 Å². The van der Waals surface area contributed by atoms with Crippen LogP contribution in [0.4, 0.5) is 11.4 Å². The average Bonchev–Trinajstić information content (AvgIpc) is 2.53. The van der Waals surface area contributed by atoms with Crippen molar-refractivity contribution in [1.29, 1.82) is 0 Å². The van der Waals surface area contributed by atoms with E-state index in [4.69, 9.17) is 4.74 Å². The van der Waals surface area contributed by atoms with Gasteiger partial charge in [-0.3, -0.25) is 18.2 Å². The molecule has 0 aliphatic carbocycles. The zero-order valence-electron chi connectivity index (χ0n) is 14.6. The molecule has 31 heavy (non-hydrogen) atoms. The van der Waals surface area contributed by atoms with Crippen molar-refractivity contribution in [3.63, 3.8) is 0 Å². The largest absolute Gasteiger partial charge is 0.453 e. The first kappa shape index (κ1) is 24.7. The predicted molar refractivity (Wildman–Crippen MR) is 104 cm³/mol. The first-order chi connectivity index (χ1) is 13.9. The fraction of sp³-hybridized carbons (Fsp3) is 0. The molecule has 0 spiro atoms. The minimum Gasteiger partial charge on any atom is -0.453 e. The average molecular weight is 520 g/mol. The van der Waals surface area contributed by atoms with Gasteiger partial charge in [0.2, 0.25) is 0 Å². The fourth-order valence-corrected chi connectivity index (χ4v) is 5.74. The normalized spacial score (nSPS) is 12.9. The summed E-state index contributed by atoms with van der Waals surface area (Å²) in [6.45, 7) is 0. The fourth-order valence-electron chi connectivity index (χ4n) is 2.24. The van der Waals surface area contributed by atoms with Gasteiger partial charge in [-0.2, -0.15) is 33.7 Å². The van der Waals surface area contributed by atoms with Crippen LogP contribution in [0.3, 0.4) is 0 Å². The van der Waals surface area contributed by atoms with Gasteiger partial charge in [0.1, 0.15) is 11.4 Å². The van der Waals surface area contributed by atoms with Crippen LogP contribution in [-0.4, -0.2) is 51.9 Å². The molecule has 0 saturated heterocycles. The Morgan fingerprint density at radius 2 is 0.774 bits per heavy atom. The smallest absolute Gasteiger partial charge is 0.375 e. The van der Waals surface area contributed by atoms with E-state index in [1.54, 1.807) is 0 Å². The Morgan fingerprint density at radius 1 is 0.516 bits per heavy atom. The van der Waals surface area contributed by atoms with Gasteiger partial charge < -0.3 is 4.74 Å². The summed E-state index contributed by atoms with van der Waals surface area (Å²) in [5, 5.41) is 0. The molecule has 0 aromatic heterocycles. The minimum absolute atomic E-state index is 0.753. The second kappa shape index (κ2) is 8.20. The van der Waals surface area contributed by atoms with Crippen molar-refractivity contribution in [3.8, 4) is 11.5 Å². The standard InChI is InChI=1S/C12H12N2O13S4/c15-28(16,17)13(29(18,19)20)9-5-1-3-7-11(9)27-12-8-4-2-6-10(12)14(30(21,22)23)31(24,25)26/h1-8H,(H,15,16,17)(H,18,19,20)(H,21,22,23)(H,24,25,26). The molecule has 19 heteroatoms. The second-order valence-corrected chi connectivity index (χ2v) is 10.8. The lowest BCUT2D eigenvalue weighted by atomic mass is 10.3. The Balaban J connectivity index is 2.75. The molecule has 2 aromatic rings. The van der Waals surface area contributed by atoms with Crippen molar-refractivity contribution in [3.05, 3.63) is 48.5 Å². The van der Waals surface area contributed by atoms with Gasteiger partial charge in [0, 0.05) is 0 Å². The highest BCUT2D eigenvalue weighted by Crippen LogP contribution is 2.39. The molecule has 172 valence electrons. The van der Waals surface area contributed by atoms with E-state index in [0.717, 1.165) is 48.5 Å². The number of benzene rings is 2. The van der Waals surface area contributed by atoms with Crippen LogP contribution in [0.2, 0.25) is 0 Å². The monoisotopic (exact) mass is 520 g/mol. The van der Waals surface area contributed by atoms with Crippen LogP contribution in [0.5, 0.6) is 11.5 Å². The summed E-state index contributed by atoms with van der Waals surface area (Å²) in [7, 11) is -22.5. The second-order valence-electron chi connectivity index (χ2n) is 5.34. The third-order valence-corrected chi connectivity index (χ3v) is 7.91. The lowest BCUT2D eigenvalue weighted by molar-refractivity contribution is 0.459. The molecule has 2 rings (SSSR count). The van der Waals surface area contributed by atoms with Crippen LogP contribution in [0.1, 0.15) is 0 Å². The third kappa shape index (κ3) is 5.80. The van der Waals surface area contributed by atoms with Crippen molar-refractivity contribution in [2.45, 2.75) is 0 Å². The van der Waals surface area contributed by atoms with Crippen LogP contribution < -0.4 is 12.2 Å². The molecule has 15 nitrogen and oxygen atoms in total. The van der Waals surface area contributed by atoms with Crippen molar-refractivity contribution >= 4 is 52.6 Å². The highest BCUT2D eigenvalue weighted by atomic mass is 32.3. The summed E-state index contributed by atoms with van der Waals surface area (Å²) in [5.74, 6) is -1.51. The van der Waals surface area contributed by atoms with E-state index in [1.165, 1.54) is 0 Å². The number of ether oxygens (including phenoxy) is 1. The summed E-state index contributed by atoms with van der Waals surface area (Å²) in [6.07, 6.45) is 0. The maximum atomic E-state index is 11.5. The number of para-hydroxylation sites is 4. The zero-order chi connectivity index (χ0) is 23.8. The molecule has 0 radical (unpaired) electrons. The summed E-state index contributed by atoms with van der Waals surface area (Å²) >= 11 is 0.